The van der Waals surface area contributed by atoms with Gasteiger partial charge in [0.15, 0.2) is 0 Å². The summed E-state index contributed by atoms with van der Waals surface area (Å²) in [5.74, 6) is -1.77. The smallest absolute Gasteiger partial charge is 0.346 e. The molecule has 0 bridgehead atoms. The number of halogens is 1. The van der Waals surface area contributed by atoms with Crippen molar-refractivity contribution in [1.29, 1.82) is 0 Å². The number of carbonyl (C=O) groups is 2. The minimum absolute atomic E-state index is 0.0881. The van der Waals surface area contributed by atoms with E-state index in [-0.39, 0.29) is 24.3 Å². The number of benzene rings is 1. The quantitative estimate of drug-likeness (QED) is 0.701. The monoisotopic (exact) mass is 367 g/mol. The summed E-state index contributed by atoms with van der Waals surface area (Å²) in [5, 5.41) is 11.9. The molecular weight excluding hydrogens is 341 g/mol. The van der Waals surface area contributed by atoms with E-state index in [1.54, 1.807) is 0 Å². The largest absolute Gasteiger partial charge is 0.478 e. The number of amides is 1. The minimum atomic E-state index is -1.27. The molecule has 1 aliphatic rings. The molecule has 0 aromatic heterocycles. The first-order valence-electron chi connectivity index (χ1n) is 9.07. The Morgan fingerprint density at radius 2 is 1.85 bits per heavy atom. The summed E-state index contributed by atoms with van der Waals surface area (Å²) in [6.45, 7) is 1.66. The first-order chi connectivity index (χ1) is 12.5. The molecule has 2 unspecified atom stereocenters. The van der Waals surface area contributed by atoms with Gasteiger partial charge in [-0.05, 0) is 43.5 Å². The average molecular weight is 367 g/mol. The van der Waals surface area contributed by atoms with Gasteiger partial charge in [0.25, 0.3) is 0 Å². The van der Waals surface area contributed by atoms with Crippen LogP contribution in [-0.4, -0.2) is 41.8 Å². The van der Waals surface area contributed by atoms with E-state index in [2.05, 4.69) is 5.32 Å². The number of carboxylic acids is 1. The maximum Gasteiger partial charge on any atom is 0.346 e. The first-order valence-corrected chi connectivity index (χ1v) is 9.07. The Balaban J connectivity index is 1.86. The molecule has 1 saturated carbocycles. The highest BCUT2D eigenvalue weighted by molar-refractivity contribution is 5.82. The topological polar surface area (TPSA) is 84.9 Å². The molecule has 6 nitrogen and oxygen atoms in total. The number of carbonyl (C=O) groups excluding carboxylic acids is 1. The lowest BCUT2D eigenvalue weighted by Gasteiger charge is -2.27. The summed E-state index contributed by atoms with van der Waals surface area (Å²) >= 11 is 0. The standard InChI is InChI=1S/C19H26FNO5/c1-2-16(25-14-6-4-3-5-7-14)18(22)21-12-17(19(23)24)26-15-10-8-13(20)9-11-15/h8-11,14,16-17H,2-7,12H2,1H3,(H,21,22)(H,23,24). The number of nitrogens with one attached hydrogen (secondary N) is 1. The lowest BCUT2D eigenvalue weighted by molar-refractivity contribution is -0.146. The van der Waals surface area contributed by atoms with Gasteiger partial charge in [-0.25, -0.2) is 9.18 Å². The van der Waals surface area contributed by atoms with Crippen molar-refractivity contribution in [1.82, 2.24) is 5.32 Å². The van der Waals surface area contributed by atoms with E-state index < -0.39 is 24.0 Å². The first kappa shape index (κ1) is 20.2. The highest BCUT2D eigenvalue weighted by Crippen LogP contribution is 2.22. The van der Waals surface area contributed by atoms with E-state index in [0.29, 0.717) is 6.42 Å². The molecule has 26 heavy (non-hydrogen) atoms. The molecule has 0 heterocycles. The molecule has 1 aromatic rings. The number of hydrogen-bond donors (Lipinski definition) is 2. The molecule has 0 saturated heterocycles. The third-order valence-electron chi connectivity index (χ3n) is 4.40. The molecule has 1 aromatic carbocycles. The zero-order chi connectivity index (χ0) is 18.9. The fraction of sp³-hybridized carbons (Fsp3) is 0.579. The molecule has 1 fully saturated rings. The van der Waals surface area contributed by atoms with E-state index >= 15 is 0 Å². The Bertz CT molecular complexity index is 586. The molecule has 1 aliphatic carbocycles. The molecule has 2 rings (SSSR count). The molecule has 1 amide bonds. The number of hydrogen-bond acceptors (Lipinski definition) is 4. The van der Waals surface area contributed by atoms with Gasteiger partial charge in [-0.15, -0.1) is 0 Å². The van der Waals surface area contributed by atoms with Crippen molar-refractivity contribution in [3.8, 4) is 5.75 Å². The second kappa shape index (κ2) is 10.1. The van der Waals surface area contributed by atoms with Gasteiger partial charge in [-0.3, -0.25) is 4.79 Å². The summed E-state index contributed by atoms with van der Waals surface area (Å²) in [6, 6.07) is 5.04. The Morgan fingerprint density at radius 1 is 1.19 bits per heavy atom. The van der Waals surface area contributed by atoms with Crippen LogP contribution in [0.3, 0.4) is 0 Å². The maximum absolute atomic E-state index is 12.9. The van der Waals surface area contributed by atoms with Crippen LogP contribution in [0.25, 0.3) is 0 Å². The van der Waals surface area contributed by atoms with Crippen molar-refractivity contribution in [2.75, 3.05) is 6.54 Å². The molecule has 0 radical (unpaired) electrons. The minimum Gasteiger partial charge on any atom is -0.478 e. The van der Waals surface area contributed by atoms with E-state index in [1.165, 1.54) is 30.7 Å². The SMILES string of the molecule is CCC(OC1CCCCC1)C(=O)NCC(Oc1ccc(F)cc1)C(=O)O. The van der Waals surface area contributed by atoms with Gasteiger partial charge in [-0.2, -0.15) is 0 Å². The Kier molecular flexibility index (Phi) is 7.84. The average Bonchev–Trinajstić information content (AvgIpc) is 2.65. The second-order valence-corrected chi connectivity index (χ2v) is 6.44. The van der Waals surface area contributed by atoms with Crippen LogP contribution < -0.4 is 10.1 Å². The predicted molar refractivity (Wildman–Crippen MR) is 93.5 cm³/mol. The van der Waals surface area contributed by atoms with E-state index in [0.717, 1.165) is 25.7 Å². The summed E-state index contributed by atoms with van der Waals surface area (Å²) in [4.78, 5) is 23.7. The third-order valence-corrected chi connectivity index (χ3v) is 4.40. The van der Waals surface area contributed by atoms with Crippen molar-refractivity contribution in [2.45, 2.75) is 63.8 Å². The van der Waals surface area contributed by atoms with Crippen LogP contribution in [0.5, 0.6) is 5.75 Å². The number of rotatable bonds is 9. The summed E-state index contributed by atoms with van der Waals surface area (Å²) in [7, 11) is 0. The predicted octanol–water partition coefficient (Wildman–Crippen LogP) is 2.90. The highest BCUT2D eigenvalue weighted by atomic mass is 19.1. The molecule has 0 aliphatic heterocycles. The van der Waals surface area contributed by atoms with Crippen molar-refractivity contribution >= 4 is 11.9 Å². The van der Waals surface area contributed by atoms with Gasteiger partial charge in [0.05, 0.1) is 12.6 Å². The molecule has 2 atom stereocenters. The van der Waals surface area contributed by atoms with Crippen LogP contribution in [0.4, 0.5) is 4.39 Å². The lowest BCUT2D eigenvalue weighted by atomic mass is 9.97. The van der Waals surface area contributed by atoms with Crippen molar-refractivity contribution < 1.29 is 28.6 Å². The normalized spacial score (nSPS) is 17.3. The van der Waals surface area contributed by atoms with Gasteiger partial charge in [0, 0.05) is 0 Å². The Hall–Kier alpha value is -2.15. The summed E-state index contributed by atoms with van der Waals surface area (Å²) in [6.07, 6.45) is 4.05. The van der Waals surface area contributed by atoms with Gasteiger partial charge in [0.2, 0.25) is 12.0 Å². The van der Waals surface area contributed by atoms with E-state index in [1.807, 2.05) is 6.92 Å². The zero-order valence-electron chi connectivity index (χ0n) is 14.9. The van der Waals surface area contributed by atoms with Crippen LogP contribution in [0.1, 0.15) is 45.4 Å². The van der Waals surface area contributed by atoms with Crippen LogP contribution in [-0.2, 0) is 14.3 Å². The zero-order valence-corrected chi connectivity index (χ0v) is 14.9. The molecule has 2 N–H and O–H groups in total. The fourth-order valence-corrected chi connectivity index (χ4v) is 2.94. The second-order valence-electron chi connectivity index (χ2n) is 6.44. The van der Waals surface area contributed by atoms with Crippen LogP contribution in [0, 0.1) is 5.82 Å². The fourth-order valence-electron chi connectivity index (χ4n) is 2.94. The van der Waals surface area contributed by atoms with Crippen LogP contribution >= 0.6 is 0 Å². The Labute approximate surface area is 152 Å². The molecule has 0 spiro atoms. The number of carboxylic acid groups (broad SMARTS) is 1. The van der Waals surface area contributed by atoms with Gasteiger partial charge < -0.3 is 19.9 Å². The number of aliphatic carboxylic acids is 1. The van der Waals surface area contributed by atoms with Gasteiger partial charge in [0.1, 0.15) is 17.7 Å². The van der Waals surface area contributed by atoms with Gasteiger partial charge >= 0.3 is 5.97 Å². The van der Waals surface area contributed by atoms with Crippen molar-refractivity contribution in [2.24, 2.45) is 0 Å². The Morgan fingerprint density at radius 3 is 2.42 bits per heavy atom. The van der Waals surface area contributed by atoms with Gasteiger partial charge in [-0.1, -0.05) is 26.2 Å². The van der Waals surface area contributed by atoms with Crippen molar-refractivity contribution in [3.05, 3.63) is 30.1 Å². The number of ether oxygens (including phenoxy) is 2. The van der Waals surface area contributed by atoms with E-state index in [9.17, 15) is 19.1 Å². The molecular formula is C19H26FNO5. The van der Waals surface area contributed by atoms with Crippen LogP contribution in [0.2, 0.25) is 0 Å². The summed E-state index contributed by atoms with van der Waals surface area (Å²) in [5.41, 5.74) is 0. The maximum atomic E-state index is 12.9. The van der Waals surface area contributed by atoms with Crippen molar-refractivity contribution in [3.63, 3.8) is 0 Å². The molecule has 144 valence electrons. The molecule has 7 heteroatoms. The van der Waals surface area contributed by atoms with E-state index in [4.69, 9.17) is 9.47 Å². The lowest BCUT2D eigenvalue weighted by Crippen LogP contribution is -2.45. The highest BCUT2D eigenvalue weighted by Gasteiger charge is 2.26. The third kappa shape index (κ3) is 6.29. The summed E-state index contributed by atoms with van der Waals surface area (Å²) < 4.78 is 24.1. The van der Waals surface area contributed by atoms with Crippen LogP contribution in [0.15, 0.2) is 24.3 Å².